The summed E-state index contributed by atoms with van der Waals surface area (Å²) in [5, 5.41) is 7.61. The van der Waals surface area contributed by atoms with Gasteiger partial charge in [-0.1, -0.05) is 30.2 Å². The van der Waals surface area contributed by atoms with E-state index in [2.05, 4.69) is 40.4 Å². The zero-order valence-electron chi connectivity index (χ0n) is 11.3. The molecule has 4 heteroatoms. The van der Waals surface area contributed by atoms with E-state index in [0.717, 1.165) is 17.8 Å². The lowest BCUT2D eigenvalue weighted by Crippen LogP contribution is -2.29. The number of nitrogens with zero attached hydrogens (tertiary/aromatic N) is 3. The van der Waals surface area contributed by atoms with Gasteiger partial charge in [-0.2, -0.15) is 0 Å². The third-order valence-electron chi connectivity index (χ3n) is 3.74. The third-order valence-corrected chi connectivity index (χ3v) is 3.74. The lowest BCUT2D eigenvalue weighted by atomic mass is 10.0. The van der Waals surface area contributed by atoms with E-state index in [4.69, 9.17) is 4.52 Å². The second kappa shape index (κ2) is 5.53. The molecule has 0 atom stereocenters. The summed E-state index contributed by atoms with van der Waals surface area (Å²) in [5.41, 5.74) is 4.56. The number of hydrogen-bond acceptors (Lipinski definition) is 4. The van der Waals surface area contributed by atoms with Crippen LogP contribution in [0, 0.1) is 6.92 Å². The molecular formula is C15H19N3O. The van der Waals surface area contributed by atoms with Gasteiger partial charge in [-0.25, -0.2) is 0 Å². The number of rotatable bonds is 3. The largest absolute Gasteiger partial charge is 0.345 e. The Balaban J connectivity index is 1.88. The van der Waals surface area contributed by atoms with Crippen molar-refractivity contribution in [2.24, 2.45) is 0 Å². The molecule has 0 spiro atoms. The van der Waals surface area contributed by atoms with Crippen molar-refractivity contribution in [1.82, 2.24) is 15.3 Å². The van der Waals surface area contributed by atoms with Crippen LogP contribution < -0.4 is 0 Å². The van der Waals surface area contributed by atoms with E-state index in [-0.39, 0.29) is 0 Å². The van der Waals surface area contributed by atoms with Gasteiger partial charge in [0.2, 0.25) is 0 Å². The average Bonchev–Trinajstić information content (AvgIpc) is 2.94. The fourth-order valence-corrected chi connectivity index (χ4v) is 2.74. The molecular weight excluding hydrogens is 238 g/mol. The van der Waals surface area contributed by atoms with Gasteiger partial charge >= 0.3 is 0 Å². The minimum atomic E-state index is 0.826. The fraction of sp³-hybridized carbons (Fsp3) is 0.467. The van der Waals surface area contributed by atoms with E-state index in [9.17, 15) is 0 Å². The average molecular weight is 257 g/mol. The van der Waals surface area contributed by atoms with Crippen molar-refractivity contribution in [3.05, 3.63) is 35.6 Å². The summed E-state index contributed by atoms with van der Waals surface area (Å²) in [6.07, 6.45) is 5.61. The van der Waals surface area contributed by atoms with Crippen LogP contribution in [0.1, 0.15) is 30.4 Å². The Hall–Kier alpha value is -1.68. The number of aromatic nitrogens is 2. The molecule has 0 aliphatic carbocycles. The van der Waals surface area contributed by atoms with Gasteiger partial charge in [0.05, 0.1) is 0 Å². The maximum atomic E-state index is 4.87. The summed E-state index contributed by atoms with van der Waals surface area (Å²) in [5.74, 6) is 0. The summed E-state index contributed by atoms with van der Waals surface area (Å²) in [4.78, 5) is 2.52. The van der Waals surface area contributed by atoms with Gasteiger partial charge in [0.25, 0.3) is 0 Å². The molecule has 19 heavy (non-hydrogen) atoms. The number of aryl methyl sites for hydroxylation is 1. The van der Waals surface area contributed by atoms with Gasteiger partial charge in [0.15, 0.2) is 6.26 Å². The minimum absolute atomic E-state index is 0.826. The molecule has 0 unspecified atom stereocenters. The van der Waals surface area contributed by atoms with Gasteiger partial charge in [0, 0.05) is 17.4 Å². The molecule has 4 nitrogen and oxygen atoms in total. The highest BCUT2D eigenvalue weighted by molar-refractivity contribution is 5.62. The summed E-state index contributed by atoms with van der Waals surface area (Å²) in [6, 6.07) is 6.48. The fourth-order valence-electron chi connectivity index (χ4n) is 2.74. The smallest absolute Gasteiger partial charge is 0.152 e. The lowest BCUT2D eigenvalue weighted by molar-refractivity contribution is 0.221. The van der Waals surface area contributed by atoms with Crippen LogP contribution in [-0.4, -0.2) is 28.4 Å². The summed E-state index contributed by atoms with van der Waals surface area (Å²) >= 11 is 0. The molecule has 0 amide bonds. The summed E-state index contributed by atoms with van der Waals surface area (Å²) < 4.78 is 4.87. The van der Waals surface area contributed by atoms with Crippen LogP contribution in [0.4, 0.5) is 0 Å². The van der Waals surface area contributed by atoms with Gasteiger partial charge in [0.1, 0.15) is 5.69 Å². The minimum Gasteiger partial charge on any atom is -0.345 e. The van der Waals surface area contributed by atoms with Gasteiger partial charge in [-0.15, -0.1) is 5.10 Å². The maximum Gasteiger partial charge on any atom is 0.152 e. The second-order valence-corrected chi connectivity index (χ2v) is 5.29. The SMILES string of the molecule is Cc1ccc(-c2conn2)c(CN2CCCCC2)c1. The molecule has 0 saturated carbocycles. The molecule has 2 heterocycles. The van der Waals surface area contributed by atoms with Crippen LogP contribution in [0.3, 0.4) is 0 Å². The molecule has 100 valence electrons. The normalized spacial score (nSPS) is 16.7. The van der Waals surface area contributed by atoms with Crippen molar-refractivity contribution >= 4 is 0 Å². The van der Waals surface area contributed by atoms with Crippen molar-refractivity contribution in [2.75, 3.05) is 13.1 Å². The van der Waals surface area contributed by atoms with Crippen LogP contribution in [0.5, 0.6) is 0 Å². The Bertz CT molecular complexity index is 530. The second-order valence-electron chi connectivity index (χ2n) is 5.29. The molecule has 0 radical (unpaired) electrons. The number of hydrogen-bond donors (Lipinski definition) is 0. The van der Waals surface area contributed by atoms with Crippen molar-refractivity contribution in [1.29, 1.82) is 0 Å². The van der Waals surface area contributed by atoms with Crippen LogP contribution >= 0.6 is 0 Å². The molecule has 1 aliphatic rings. The van der Waals surface area contributed by atoms with Gasteiger partial charge in [-0.3, -0.25) is 4.90 Å². The van der Waals surface area contributed by atoms with Crippen molar-refractivity contribution in [3.63, 3.8) is 0 Å². The molecule has 1 aliphatic heterocycles. The number of likely N-dealkylation sites (tertiary alicyclic amines) is 1. The van der Waals surface area contributed by atoms with E-state index in [1.54, 1.807) is 6.26 Å². The molecule has 1 aromatic heterocycles. The van der Waals surface area contributed by atoms with E-state index in [1.165, 1.54) is 43.5 Å². The maximum absolute atomic E-state index is 4.87. The monoisotopic (exact) mass is 257 g/mol. The number of piperidine rings is 1. The highest BCUT2D eigenvalue weighted by Gasteiger charge is 2.14. The summed E-state index contributed by atoms with van der Waals surface area (Å²) in [6.45, 7) is 5.52. The molecule has 1 fully saturated rings. The first-order valence-corrected chi connectivity index (χ1v) is 6.92. The molecule has 2 aromatic rings. The first-order valence-electron chi connectivity index (χ1n) is 6.92. The quantitative estimate of drug-likeness (QED) is 0.847. The predicted octanol–water partition coefficient (Wildman–Crippen LogP) is 3.03. The Labute approximate surface area is 113 Å². The Kier molecular flexibility index (Phi) is 3.60. The highest BCUT2D eigenvalue weighted by Crippen LogP contribution is 2.25. The molecule has 1 aromatic carbocycles. The molecule has 1 saturated heterocycles. The van der Waals surface area contributed by atoms with E-state index in [1.807, 2.05) is 0 Å². The van der Waals surface area contributed by atoms with Crippen molar-refractivity contribution in [3.8, 4) is 11.3 Å². The zero-order chi connectivity index (χ0) is 13.1. The molecule has 0 bridgehead atoms. The lowest BCUT2D eigenvalue weighted by Gasteiger charge is -2.27. The number of benzene rings is 1. The van der Waals surface area contributed by atoms with Crippen LogP contribution in [-0.2, 0) is 6.54 Å². The van der Waals surface area contributed by atoms with Crippen molar-refractivity contribution < 1.29 is 4.52 Å². The van der Waals surface area contributed by atoms with Gasteiger partial charge in [-0.05, 0) is 38.4 Å². The van der Waals surface area contributed by atoms with E-state index >= 15 is 0 Å². The zero-order valence-corrected chi connectivity index (χ0v) is 11.3. The highest BCUT2D eigenvalue weighted by atomic mass is 16.5. The summed E-state index contributed by atoms with van der Waals surface area (Å²) in [7, 11) is 0. The standard InChI is InChI=1S/C15H19N3O/c1-12-5-6-14(15-11-19-17-16-15)13(9-12)10-18-7-3-2-4-8-18/h5-6,9,11H,2-4,7-8,10H2,1H3. The van der Waals surface area contributed by atoms with Crippen molar-refractivity contribution in [2.45, 2.75) is 32.7 Å². The molecule has 3 rings (SSSR count). The van der Waals surface area contributed by atoms with Crippen LogP contribution in [0.2, 0.25) is 0 Å². The predicted molar refractivity (Wildman–Crippen MR) is 73.6 cm³/mol. The first kappa shape index (κ1) is 12.4. The van der Waals surface area contributed by atoms with Crippen LogP contribution in [0.15, 0.2) is 29.0 Å². The first-order chi connectivity index (χ1) is 9.33. The molecule has 0 N–H and O–H groups in total. The third kappa shape index (κ3) is 2.84. The Morgan fingerprint density at radius 3 is 2.79 bits per heavy atom. The van der Waals surface area contributed by atoms with Crippen LogP contribution in [0.25, 0.3) is 11.3 Å². The van der Waals surface area contributed by atoms with Gasteiger partial charge < -0.3 is 4.52 Å². The topological polar surface area (TPSA) is 42.2 Å². The van der Waals surface area contributed by atoms with E-state index < -0.39 is 0 Å². The van der Waals surface area contributed by atoms with E-state index in [0.29, 0.717) is 0 Å². The Morgan fingerprint density at radius 2 is 2.05 bits per heavy atom. The Morgan fingerprint density at radius 1 is 1.21 bits per heavy atom.